The quantitative estimate of drug-likeness (QED) is 0.598. The Kier molecular flexibility index (Phi) is 4.58. The normalized spacial score (nSPS) is 13.8. The van der Waals surface area contributed by atoms with E-state index in [0.29, 0.717) is 17.0 Å². The Bertz CT molecular complexity index is 1130. The summed E-state index contributed by atoms with van der Waals surface area (Å²) in [7, 11) is 0. The molecule has 2 aromatic carbocycles. The molecule has 1 aromatic heterocycles. The van der Waals surface area contributed by atoms with E-state index in [1.165, 1.54) is 0 Å². The van der Waals surface area contributed by atoms with Crippen LogP contribution >= 0.6 is 12.2 Å². The van der Waals surface area contributed by atoms with Gasteiger partial charge in [-0.15, -0.1) is 0 Å². The van der Waals surface area contributed by atoms with E-state index in [2.05, 4.69) is 16.2 Å². The molecule has 8 heteroatoms. The molecule has 0 spiro atoms. The van der Waals surface area contributed by atoms with Crippen LogP contribution in [-0.2, 0) is 4.79 Å². The summed E-state index contributed by atoms with van der Waals surface area (Å²) in [5, 5.41) is 17.4. The fourth-order valence-electron chi connectivity index (χ4n) is 2.88. The number of nitrogens with one attached hydrogen (secondary N) is 3. The van der Waals surface area contributed by atoms with Crippen LogP contribution < -0.4 is 16.2 Å². The molecule has 3 aromatic rings. The molecule has 3 N–H and O–H groups in total. The maximum absolute atomic E-state index is 12.3. The molecular weight excluding hydrogens is 372 g/mol. The highest BCUT2D eigenvalue weighted by atomic mass is 32.1. The van der Waals surface area contributed by atoms with Gasteiger partial charge >= 0.3 is 0 Å². The molecule has 4 rings (SSSR count). The van der Waals surface area contributed by atoms with Crippen molar-refractivity contribution < 1.29 is 4.79 Å². The minimum Gasteiger partial charge on any atom is -0.329 e. The molecule has 0 aliphatic carbocycles. The summed E-state index contributed by atoms with van der Waals surface area (Å²) in [6.45, 7) is 0. The monoisotopic (exact) mass is 386 g/mol. The first-order valence-corrected chi connectivity index (χ1v) is 8.81. The molecule has 1 amide bonds. The molecule has 0 unspecified atom stereocenters. The van der Waals surface area contributed by atoms with Crippen LogP contribution in [0.15, 0.2) is 72.4 Å². The first-order chi connectivity index (χ1) is 13.7. The van der Waals surface area contributed by atoms with Crippen molar-refractivity contribution in [2.24, 2.45) is 0 Å². The number of nitrogens with zero attached hydrogens (tertiary/aromatic N) is 3. The number of hydrogen-bond acceptors (Lipinski definition) is 4. The Morgan fingerprint density at radius 3 is 2.36 bits per heavy atom. The summed E-state index contributed by atoms with van der Waals surface area (Å²) in [6, 6.07) is 21.1. The average molecular weight is 386 g/mol. The standard InChI is InChI=1S/C20H14N6OS/c21-11-15-18(22-20(28)24-23-19(15)27)16-12-26(14-9-5-2-6-10-14)25-17(16)13-7-3-1-4-8-13/h1-10,12H,(H,23,27)(H2,22,24,28). The number of carbonyl (C=O) groups excluding carboxylic acids is 1. The maximum atomic E-state index is 12.3. The van der Waals surface area contributed by atoms with Crippen molar-refractivity contribution in [2.75, 3.05) is 0 Å². The second-order valence-corrected chi connectivity index (χ2v) is 6.34. The fraction of sp³-hybridized carbons (Fsp3) is 0. The molecule has 1 aliphatic rings. The number of para-hydroxylation sites is 1. The van der Waals surface area contributed by atoms with Gasteiger partial charge in [0.25, 0.3) is 5.91 Å². The minimum absolute atomic E-state index is 0.0860. The summed E-state index contributed by atoms with van der Waals surface area (Å²) < 4.78 is 1.71. The van der Waals surface area contributed by atoms with Gasteiger partial charge < -0.3 is 5.32 Å². The van der Waals surface area contributed by atoms with Gasteiger partial charge in [-0.2, -0.15) is 10.4 Å². The predicted molar refractivity (Wildman–Crippen MR) is 109 cm³/mol. The first-order valence-electron chi connectivity index (χ1n) is 8.40. The molecule has 0 fully saturated rings. The molecule has 0 bridgehead atoms. The van der Waals surface area contributed by atoms with Crippen LogP contribution in [0.3, 0.4) is 0 Å². The number of hydrazine groups is 1. The van der Waals surface area contributed by atoms with E-state index in [1.54, 1.807) is 10.9 Å². The molecule has 136 valence electrons. The number of hydrogen-bond donors (Lipinski definition) is 3. The SMILES string of the molecule is N#CC1=C(c2cn(-c3ccccc3)nc2-c2ccccc2)NC(=S)NNC1=O. The molecule has 0 radical (unpaired) electrons. The fourth-order valence-corrected chi connectivity index (χ4v) is 3.04. The van der Waals surface area contributed by atoms with Crippen molar-refractivity contribution >= 4 is 28.9 Å². The van der Waals surface area contributed by atoms with Gasteiger partial charge in [0.2, 0.25) is 0 Å². The Hall–Kier alpha value is -3.96. The van der Waals surface area contributed by atoms with Crippen LogP contribution in [0.2, 0.25) is 0 Å². The highest BCUT2D eigenvalue weighted by Crippen LogP contribution is 2.30. The van der Waals surface area contributed by atoms with Crippen LogP contribution in [0.5, 0.6) is 0 Å². The lowest BCUT2D eigenvalue weighted by atomic mass is 10.0. The third kappa shape index (κ3) is 3.22. The van der Waals surface area contributed by atoms with Gasteiger partial charge in [0.05, 0.1) is 11.4 Å². The van der Waals surface area contributed by atoms with Crippen LogP contribution in [0, 0.1) is 11.3 Å². The number of benzene rings is 2. The third-order valence-electron chi connectivity index (χ3n) is 4.17. The van der Waals surface area contributed by atoms with Crippen molar-refractivity contribution in [3.63, 3.8) is 0 Å². The lowest BCUT2D eigenvalue weighted by molar-refractivity contribution is -0.117. The van der Waals surface area contributed by atoms with Gasteiger partial charge in [-0.05, 0) is 24.4 Å². The summed E-state index contributed by atoms with van der Waals surface area (Å²) in [6.07, 6.45) is 1.78. The second kappa shape index (κ2) is 7.34. The van der Waals surface area contributed by atoms with Gasteiger partial charge in [-0.25, -0.2) is 4.68 Å². The minimum atomic E-state index is -0.573. The molecule has 28 heavy (non-hydrogen) atoms. The average Bonchev–Trinajstić information content (AvgIpc) is 3.12. The molecular formula is C20H14N6OS. The number of carbonyl (C=O) groups is 1. The number of amides is 1. The van der Waals surface area contributed by atoms with Crippen molar-refractivity contribution in [2.45, 2.75) is 0 Å². The van der Waals surface area contributed by atoms with E-state index in [9.17, 15) is 10.1 Å². The van der Waals surface area contributed by atoms with Crippen molar-refractivity contribution in [1.82, 2.24) is 25.9 Å². The summed E-state index contributed by atoms with van der Waals surface area (Å²) in [4.78, 5) is 12.3. The summed E-state index contributed by atoms with van der Waals surface area (Å²) in [5.41, 5.74) is 8.08. The van der Waals surface area contributed by atoms with E-state index in [4.69, 9.17) is 17.3 Å². The van der Waals surface area contributed by atoms with Crippen LogP contribution in [-0.4, -0.2) is 20.8 Å². The Labute approximate surface area is 166 Å². The summed E-state index contributed by atoms with van der Waals surface area (Å²) >= 11 is 5.18. The van der Waals surface area contributed by atoms with E-state index in [0.717, 1.165) is 11.3 Å². The summed E-state index contributed by atoms with van der Waals surface area (Å²) in [5.74, 6) is -0.573. The smallest absolute Gasteiger partial charge is 0.282 e. The zero-order chi connectivity index (χ0) is 19.5. The molecule has 0 saturated carbocycles. The largest absolute Gasteiger partial charge is 0.329 e. The number of thiocarbonyl (C=S) groups is 1. The lowest BCUT2D eigenvalue weighted by Crippen LogP contribution is -2.43. The molecule has 7 nitrogen and oxygen atoms in total. The van der Waals surface area contributed by atoms with Crippen molar-refractivity contribution in [1.29, 1.82) is 5.26 Å². The van der Waals surface area contributed by atoms with Crippen molar-refractivity contribution in [3.05, 3.63) is 78.0 Å². The van der Waals surface area contributed by atoms with Gasteiger partial charge in [0.15, 0.2) is 5.11 Å². The first kappa shape index (κ1) is 17.5. The topological polar surface area (TPSA) is 94.8 Å². The zero-order valence-electron chi connectivity index (χ0n) is 14.5. The van der Waals surface area contributed by atoms with Gasteiger partial charge in [0.1, 0.15) is 17.3 Å². The van der Waals surface area contributed by atoms with Gasteiger partial charge in [-0.1, -0.05) is 48.5 Å². The van der Waals surface area contributed by atoms with E-state index in [-0.39, 0.29) is 10.7 Å². The van der Waals surface area contributed by atoms with Crippen LogP contribution in [0.25, 0.3) is 22.6 Å². The van der Waals surface area contributed by atoms with E-state index in [1.807, 2.05) is 66.7 Å². The second-order valence-electron chi connectivity index (χ2n) is 5.93. The Morgan fingerprint density at radius 2 is 1.68 bits per heavy atom. The Balaban J connectivity index is 1.97. The van der Waals surface area contributed by atoms with E-state index < -0.39 is 5.91 Å². The third-order valence-corrected chi connectivity index (χ3v) is 4.37. The van der Waals surface area contributed by atoms with Crippen LogP contribution in [0.4, 0.5) is 0 Å². The van der Waals surface area contributed by atoms with Crippen molar-refractivity contribution in [3.8, 4) is 23.0 Å². The number of nitriles is 1. The number of rotatable bonds is 3. The van der Waals surface area contributed by atoms with Crippen LogP contribution in [0.1, 0.15) is 5.56 Å². The predicted octanol–water partition coefficient (Wildman–Crippen LogP) is 2.28. The van der Waals surface area contributed by atoms with Gasteiger partial charge in [0, 0.05) is 17.3 Å². The zero-order valence-corrected chi connectivity index (χ0v) is 15.3. The maximum Gasteiger partial charge on any atom is 0.282 e. The lowest BCUT2D eigenvalue weighted by Gasteiger charge is -2.09. The highest BCUT2D eigenvalue weighted by Gasteiger charge is 2.26. The Morgan fingerprint density at radius 1 is 1.00 bits per heavy atom. The molecule has 1 aliphatic heterocycles. The van der Waals surface area contributed by atoms with E-state index >= 15 is 0 Å². The number of aromatic nitrogens is 2. The molecule has 0 saturated heterocycles. The highest BCUT2D eigenvalue weighted by molar-refractivity contribution is 7.80. The molecule has 2 heterocycles. The molecule has 0 atom stereocenters. The van der Waals surface area contributed by atoms with Gasteiger partial charge in [-0.3, -0.25) is 15.6 Å².